The number of carbonyl (C=O) groups excluding carboxylic acids is 1. The number of benzene rings is 1. The average molecular weight is 332 g/mol. The van der Waals surface area contributed by atoms with Crippen LogP contribution >= 0.6 is 0 Å². The lowest BCUT2D eigenvalue weighted by molar-refractivity contribution is -0.385. The summed E-state index contributed by atoms with van der Waals surface area (Å²) < 4.78 is 15.7. The molecule has 1 aliphatic rings. The van der Waals surface area contributed by atoms with Gasteiger partial charge in [0, 0.05) is 30.4 Å². The molecule has 1 aromatic heterocycles. The van der Waals surface area contributed by atoms with Crippen LogP contribution in [0.3, 0.4) is 0 Å². The SMILES string of the molecule is Cc1cc(F)c(NC(=O)C2CCCc3nn(C)cc32)cc1[N+](=O)[O-]. The fraction of sp³-hybridized carbons (Fsp3) is 0.375. The molecule has 1 N–H and O–H groups in total. The third-order valence-corrected chi connectivity index (χ3v) is 4.28. The number of hydrogen-bond acceptors (Lipinski definition) is 4. The van der Waals surface area contributed by atoms with Gasteiger partial charge in [0.05, 0.1) is 22.2 Å². The molecule has 7 nitrogen and oxygen atoms in total. The summed E-state index contributed by atoms with van der Waals surface area (Å²) in [5, 5.41) is 17.8. The summed E-state index contributed by atoms with van der Waals surface area (Å²) in [7, 11) is 1.79. The summed E-state index contributed by atoms with van der Waals surface area (Å²) in [5.74, 6) is -1.49. The van der Waals surface area contributed by atoms with Crippen LogP contribution in [-0.2, 0) is 18.3 Å². The number of carbonyl (C=O) groups is 1. The van der Waals surface area contributed by atoms with Crippen LogP contribution in [0.15, 0.2) is 18.3 Å². The predicted octanol–water partition coefficient (Wildman–Crippen LogP) is 2.83. The van der Waals surface area contributed by atoms with Crippen LogP contribution < -0.4 is 5.32 Å². The van der Waals surface area contributed by atoms with E-state index in [-0.39, 0.29) is 22.8 Å². The number of aromatic nitrogens is 2. The molecule has 0 saturated carbocycles. The molecular weight excluding hydrogens is 315 g/mol. The number of amides is 1. The van der Waals surface area contributed by atoms with Gasteiger partial charge >= 0.3 is 0 Å². The molecule has 1 aromatic carbocycles. The third kappa shape index (κ3) is 2.86. The number of nitrogens with zero attached hydrogens (tertiary/aromatic N) is 3. The van der Waals surface area contributed by atoms with E-state index in [1.165, 1.54) is 6.92 Å². The maximum atomic E-state index is 14.1. The minimum atomic E-state index is -0.686. The van der Waals surface area contributed by atoms with E-state index in [9.17, 15) is 19.3 Å². The number of halogens is 1. The second-order valence-corrected chi connectivity index (χ2v) is 6.01. The highest BCUT2D eigenvalue weighted by molar-refractivity contribution is 5.96. The predicted molar refractivity (Wildman–Crippen MR) is 85.3 cm³/mol. The maximum Gasteiger partial charge on any atom is 0.274 e. The van der Waals surface area contributed by atoms with Crippen molar-refractivity contribution in [2.24, 2.45) is 7.05 Å². The lowest BCUT2D eigenvalue weighted by Crippen LogP contribution is -2.24. The lowest BCUT2D eigenvalue weighted by Gasteiger charge is -2.21. The van der Waals surface area contributed by atoms with E-state index in [1.54, 1.807) is 17.9 Å². The van der Waals surface area contributed by atoms with E-state index in [0.29, 0.717) is 6.42 Å². The van der Waals surface area contributed by atoms with Crippen molar-refractivity contribution >= 4 is 17.3 Å². The van der Waals surface area contributed by atoms with Crippen molar-refractivity contribution in [1.82, 2.24) is 9.78 Å². The molecule has 8 heteroatoms. The summed E-state index contributed by atoms with van der Waals surface area (Å²) in [6.07, 6.45) is 4.07. The Kier molecular flexibility index (Phi) is 4.04. The highest BCUT2D eigenvalue weighted by atomic mass is 19.1. The molecular formula is C16H17FN4O3. The van der Waals surface area contributed by atoms with E-state index >= 15 is 0 Å². The summed E-state index contributed by atoms with van der Waals surface area (Å²) in [5.41, 5.74) is 1.52. The second kappa shape index (κ2) is 6.03. The van der Waals surface area contributed by atoms with Crippen LogP contribution in [0.1, 0.15) is 35.6 Å². The van der Waals surface area contributed by atoms with Gasteiger partial charge in [-0.15, -0.1) is 0 Å². The Morgan fingerprint density at radius 2 is 2.25 bits per heavy atom. The number of nitro groups is 1. The van der Waals surface area contributed by atoms with Crippen molar-refractivity contribution in [3.63, 3.8) is 0 Å². The number of nitro benzene ring substituents is 1. The maximum absolute atomic E-state index is 14.1. The molecule has 0 aliphatic heterocycles. The number of fused-ring (bicyclic) bond motifs is 1. The zero-order valence-electron chi connectivity index (χ0n) is 13.4. The quantitative estimate of drug-likeness (QED) is 0.691. The molecule has 1 unspecified atom stereocenters. The number of aryl methyl sites for hydroxylation is 3. The van der Waals surface area contributed by atoms with E-state index in [4.69, 9.17) is 0 Å². The van der Waals surface area contributed by atoms with Crippen LogP contribution in [0.2, 0.25) is 0 Å². The van der Waals surface area contributed by atoms with Gasteiger partial charge in [0.2, 0.25) is 5.91 Å². The van der Waals surface area contributed by atoms with Crippen LogP contribution in [0.4, 0.5) is 15.8 Å². The second-order valence-electron chi connectivity index (χ2n) is 6.01. The van der Waals surface area contributed by atoms with E-state index in [0.717, 1.165) is 36.2 Å². The van der Waals surface area contributed by atoms with Gasteiger partial charge in [-0.2, -0.15) is 5.10 Å². The van der Waals surface area contributed by atoms with Gasteiger partial charge in [-0.25, -0.2) is 4.39 Å². The van der Waals surface area contributed by atoms with E-state index in [1.807, 2.05) is 0 Å². The van der Waals surface area contributed by atoms with Gasteiger partial charge in [0.15, 0.2) is 0 Å². The Balaban J connectivity index is 1.88. The van der Waals surface area contributed by atoms with Gasteiger partial charge in [0.25, 0.3) is 5.69 Å². The summed E-state index contributed by atoms with van der Waals surface area (Å²) in [4.78, 5) is 23.0. The Morgan fingerprint density at radius 1 is 1.50 bits per heavy atom. The molecule has 0 spiro atoms. The zero-order chi connectivity index (χ0) is 17.4. The standard InChI is InChI=1S/C16H17FN4O3/c1-9-6-12(17)14(7-15(9)21(23)24)18-16(22)10-4-3-5-13-11(10)8-20(2)19-13/h6-8,10H,3-5H2,1-2H3,(H,18,22). The van der Waals surface area contributed by atoms with Gasteiger partial charge in [-0.05, 0) is 32.3 Å². The van der Waals surface area contributed by atoms with Crippen LogP contribution in [0.25, 0.3) is 0 Å². The molecule has 1 heterocycles. The summed E-state index contributed by atoms with van der Waals surface area (Å²) in [6.45, 7) is 1.45. The molecule has 1 amide bonds. The van der Waals surface area contributed by atoms with Crippen molar-refractivity contribution in [1.29, 1.82) is 0 Å². The van der Waals surface area contributed by atoms with Crippen molar-refractivity contribution in [2.45, 2.75) is 32.1 Å². The van der Waals surface area contributed by atoms with Crippen molar-refractivity contribution < 1.29 is 14.1 Å². The number of nitrogens with one attached hydrogen (secondary N) is 1. The highest BCUT2D eigenvalue weighted by Crippen LogP contribution is 2.33. The molecule has 0 fully saturated rings. The molecule has 3 rings (SSSR count). The molecule has 1 atom stereocenters. The first-order chi connectivity index (χ1) is 11.4. The summed E-state index contributed by atoms with van der Waals surface area (Å²) in [6, 6.07) is 2.12. The Bertz CT molecular complexity index is 831. The molecule has 2 aromatic rings. The molecule has 1 aliphatic carbocycles. The Morgan fingerprint density at radius 3 is 2.96 bits per heavy atom. The fourth-order valence-corrected chi connectivity index (χ4v) is 3.11. The minimum Gasteiger partial charge on any atom is -0.323 e. The molecule has 0 radical (unpaired) electrons. The van der Waals surface area contributed by atoms with Crippen LogP contribution in [-0.4, -0.2) is 20.6 Å². The van der Waals surface area contributed by atoms with Crippen molar-refractivity contribution in [2.75, 3.05) is 5.32 Å². The number of hydrogen-bond donors (Lipinski definition) is 1. The van der Waals surface area contributed by atoms with Gasteiger partial charge in [-0.1, -0.05) is 0 Å². The zero-order valence-corrected chi connectivity index (χ0v) is 13.4. The first-order valence-corrected chi connectivity index (χ1v) is 7.64. The lowest BCUT2D eigenvalue weighted by atomic mass is 9.86. The van der Waals surface area contributed by atoms with E-state index < -0.39 is 16.7 Å². The monoisotopic (exact) mass is 332 g/mol. The molecule has 126 valence electrons. The minimum absolute atomic E-state index is 0.173. The largest absolute Gasteiger partial charge is 0.323 e. The Hall–Kier alpha value is -2.77. The van der Waals surface area contributed by atoms with Crippen LogP contribution in [0.5, 0.6) is 0 Å². The fourth-order valence-electron chi connectivity index (χ4n) is 3.11. The van der Waals surface area contributed by atoms with Gasteiger partial charge in [-0.3, -0.25) is 19.6 Å². The normalized spacial score (nSPS) is 16.5. The van der Waals surface area contributed by atoms with E-state index in [2.05, 4.69) is 10.4 Å². The topological polar surface area (TPSA) is 90.1 Å². The third-order valence-electron chi connectivity index (χ3n) is 4.28. The van der Waals surface area contributed by atoms with Crippen LogP contribution in [0, 0.1) is 22.9 Å². The highest BCUT2D eigenvalue weighted by Gasteiger charge is 2.29. The Labute approximate surface area is 137 Å². The molecule has 0 bridgehead atoms. The van der Waals surface area contributed by atoms with Crippen molar-refractivity contribution in [3.8, 4) is 0 Å². The summed E-state index contributed by atoms with van der Waals surface area (Å²) >= 11 is 0. The van der Waals surface area contributed by atoms with Crippen molar-refractivity contribution in [3.05, 3.63) is 51.1 Å². The first kappa shape index (κ1) is 16.1. The average Bonchev–Trinajstić information content (AvgIpc) is 2.89. The van der Waals surface area contributed by atoms with Gasteiger partial charge in [0.1, 0.15) is 5.82 Å². The number of anilines is 1. The first-order valence-electron chi connectivity index (χ1n) is 7.64. The number of rotatable bonds is 3. The van der Waals surface area contributed by atoms with Gasteiger partial charge < -0.3 is 5.32 Å². The molecule has 0 saturated heterocycles. The molecule has 24 heavy (non-hydrogen) atoms. The smallest absolute Gasteiger partial charge is 0.274 e.